The van der Waals surface area contributed by atoms with Gasteiger partial charge in [-0.3, -0.25) is 4.79 Å². The predicted molar refractivity (Wildman–Crippen MR) is 87.4 cm³/mol. The Labute approximate surface area is 127 Å². The van der Waals surface area contributed by atoms with E-state index in [-0.39, 0.29) is 5.91 Å². The maximum absolute atomic E-state index is 11.7. The molecule has 0 saturated heterocycles. The quantitative estimate of drug-likeness (QED) is 0.771. The monoisotopic (exact) mass is 289 g/mol. The van der Waals surface area contributed by atoms with Gasteiger partial charge in [-0.1, -0.05) is 17.7 Å². The first-order chi connectivity index (χ1) is 9.90. The van der Waals surface area contributed by atoms with Gasteiger partial charge in [0.05, 0.1) is 5.54 Å². The molecule has 1 aliphatic carbocycles. The first-order valence-electron chi connectivity index (χ1n) is 7.76. The highest BCUT2D eigenvalue weighted by Gasteiger charge is 2.36. The Kier molecular flexibility index (Phi) is 4.88. The van der Waals surface area contributed by atoms with Crippen molar-refractivity contribution >= 4 is 11.6 Å². The molecule has 116 valence electrons. The van der Waals surface area contributed by atoms with Gasteiger partial charge in [-0.15, -0.1) is 0 Å². The molecule has 0 aliphatic heterocycles. The number of hydrogen-bond donors (Lipinski definition) is 2. The molecule has 3 N–H and O–H groups in total. The van der Waals surface area contributed by atoms with E-state index in [4.69, 9.17) is 5.73 Å². The second-order valence-corrected chi connectivity index (χ2v) is 6.48. The van der Waals surface area contributed by atoms with Crippen LogP contribution in [0, 0.1) is 6.92 Å². The van der Waals surface area contributed by atoms with E-state index in [9.17, 15) is 4.79 Å². The number of aryl methyl sites for hydroxylation is 1. The Morgan fingerprint density at radius 3 is 2.52 bits per heavy atom. The minimum absolute atomic E-state index is 0.243. The fraction of sp³-hybridized carbons (Fsp3) is 0.588. The summed E-state index contributed by atoms with van der Waals surface area (Å²) >= 11 is 0. The summed E-state index contributed by atoms with van der Waals surface area (Å²) in [5, 5.41) is 3.39. The van der Waals surface area contributed by atoms with Crippen molar-refractivity contribution in [3.8, 4) is 0 Å². The highest BCUT2D eigenvalue weighted by atomic mass is 16.1. The summed E-state index contributed by atoms with van der Waals surface area (Å²) in [5.41, 5.74) is 7.47. The van der Waals surface area contributed by atoms with Gasteiger partial charge in [-0.05, 0) is 51.7 Å². The molecule has 1 aliphatic rings. The van der Waals surface area contributed by atoms with Crippen molar-refractivity contribution < 1.29 is 4.79 Å². The first-order valence-corrected chi connectivity index (χ1v) is 7.76. The molecule has 21 heavy (non-hydrogen) atoms. The summed E-state index contributed by atoms with van der Waals surface area (Å²) in [6, 6.07) is 8.98. The Morgan fingerprint density at radius 1 is 1.38 bits per heavy atom. The molecule has 2 rings (SSSR count). The lowest BCUT2D eigenvalue weighted by Crippen LogP contribution is -2.54. The number of rotatable bonds is 8. The van der Waals surface area contributed by atoms with Crippen LogP contribution in [0.3, 0.4) is 0 Å². The van der Waals surface area contributed by atoms with E-state index in [1.807, 2.05) is 6.92 Å². The van der Waals surface area contributed by atoms with Gasteiger partial charge in [-0.2, -0.15) is 0 Å². The molecule has 4 nitrogen and oxygen atoms in total. The third-order valence-corrected chi connectivity index (χ3v) is 4.29. The molecule has 0 aromatic heterocycles. The highest BCUT2D eigenvalue weighted by Crippen LogP contribution is 2.25. The van der Waals surface area contributed by atoms with Gasteiger partial charge in [0.15, 0.2) is 0 Å². The zero-order chi connectivity index (χ0) is 15.5. The largest absolute Gasteiger partial charge is 0.375 e. The van der Waals surface area contributed by atoms with Crippen LogP contribution in [0.5, 0.6) is 0 Å². The van der Waals surface area contributed by atoms with Gasteiger partial charge >= 0.3 is 0 Å². The van der Waals surface area contributed by atoms with E-state index >= 15 is 0 Å². The normalized spacial score (nSPS) is 17.3. The third-order valence-electron chi connectivity index (χ3n) is 4.29. The van der Waals surface area contributed by atoms with E-state index in [1.54, 1.807) is 0 Å². The molecular weight excluding hydrogens is 262 g/mol. The maximum Gasteiger partial charge on any atom is 0.237 e. The van der Waals surface area contributed by atoms with Crippen LogP contribution in [0.2, 0.25) is 0 Å². The summed E-state index contributed by atoms with van der Waals surface area (Å²) in [6.45, 7) is 4.93. The minimum atomic E-state index is -0.574. The van der Waals surface area contributed by atoms with Gasteiger partial charge in [0.2, 0.25) is 5.91 Å². The standard InChI is InChI=1S/C17H27N3O/c1-13-5-9-15(10-6-13)20(3)12-4-11-17(2,16(18)21)19-14-7-8-14/h5-6,9-10,14,19H,4,7-8,11-12H2,1-3H3,(H2,18,21). The van der Waals surface area contributed by atoms with Gasteiger partial charge in [0.25, 0.3) is 0 Å². The van der Waals surface area contributed by atoms with Gasteiger partial charge in [0, 0.05) is 25.3 Å². The van der Waals surface area contributed by atoms with Crippen LogP contribution < -0.4 is 16.0 Å². The molecule has 1 aromatic rings. The van der Waals surface area contributed by atoms with Crippen molar-refractivity contribution in [3.63, 3.8) is 0 Å². The van der Waals surface area contributed by atoms with Crippen molar-refractivity contribution in [2.45, 2.75) is 51.1 Å². The molecule has 1 atom stereocenters. The number of nitrogens with one attached hydrogen (secondary N) is 1. The lowest BCUT2D eigenvalue weighted by Gasteiger charge is -2.29. The summed E-state index contributed by atoms with van der Waals surface area (Å²) in [5.74, 6) is -0.243. The lowest BCUT2D eigenvalue weighted by atomic mass is 9.94. The molecule has 0 heterocycles. The van der Waals surface area contributed by atoms with Crippen molar-refractivity contribution in [2.24, 2.45) is 5.73 Å². The van der Waals surface area contributed by atoms with Gasteiger partial charge in [0.1, 0.15) is 0 Å². The molecular formula is C17H27N3O. The second-order valence-electron chi connectivity index (χ2n) is 6.48. The van der Waals surface area contributed by atoms with Crippen molar-refractivity contribution in [1.82, 2.24) is 5.32 Å². The fourth-order valence-corrected chi connectivity index (χ4v) is 2.54. The zero-order valence-electron chi connectivity index (χ0n) is 13.4. The van der Waals surface area contributed by atoms with E-state index in [2.05, 4.69) is 48.5 Å². The molecule has 0 bridgehead atoms. The number of nitrogens with zero attached hydrogens (tertiary/aromatic N) is 1. The van der Waals surface area contributed by atoms with Crippen LogP contribution in [-0.4, -0.2) is 31.1 Å². The average molecular weight is 289 g/mol. The van der Waals surface area contributed by atoms with Crippen molar-refractivity contribution in [2.75, 3.05) is 18.5 Å². The lowest BCUT2D eigenvalue weighted by molar-refractivity contribution is -0.124. The SMILES string of the molecule is Cc1ccc(N(C)CCCC(C)(NC2CC2)C(N)=O)cc1. The topological polar surface area (TPSA) is 58.4 Å². The molecule has 0 radical (unpaired) electrons. The summed E-state index contributed by atoms with van der Waals surface area (Å²) < 4.78 is 0. The van der Waals surface area contributed by atoms with E-state index in [1.165, 1.54) is 11.3 Å². The smallest absolute Gasteiger partial charge is 0.237 e. The highest BCUT2D eigenvalue weighted by molar-refractivity contribution is 5.84. The van der Waals surface area contributed by atoms with Crippen LogP contribution in [0.25, 0.3) is 0 Å². The predicted octanol–water partition coefficient (Wildman–Crippen LogP) is 2.21. The summed E-state index contributed by atoms with van der Waals surface area (Å²) in [4.78, 5) is 13.9. The van der Waals surface area contributed by atoms with Crippen molar-refractivity contribution in [1.29, 1.82) is 0 Å². The number of benzene rings is 1. The maximum atomic E-state index is 11.7. The van der Waals surface area contributed by atoms with Crippen LogP contribution in [0.4, 0.5) is 5.69 Å². The zero-order valence-corrected chi connectivity index (χ0v) is 13.4. The first kappa shape index (κ1) is 15.8. The Balaban J connectivity index is 1.83. The summed E-state index contributed by atoms with van der Waals surface area (Å²) in [6.07, 6.45) is 4.02. The van der Waals surface area contributed by atoms with E-state index < -0.39 is 5.54 Å². The number of hydrogen-bond acceptors (Lipinski definition) is 3. The third kappa shape index (κ3) is 4.46. The minimum Gasteiger partial charge on any atom is -0.375 e. The number of carbonyl (C=O) groups is 1. The molecule has 1 amide bonds. The Hall–Kier alpha value is -1.55. The Bertz CT molecular complexity index is 481. The molecule has 0 spiro atoms. The summed E-state index contributed by atoms with van der Waals surface area (Å²) in [7, 11) is 2.08. The van der Waals surface area contributed by atoms with Gasteiger partial charge in [-0.25, -0.2) is 0 Å². The van der Waals surface area contributed by atoms with Crippen LogP contribution in [0.1, 0.15) is 38.2 Å². The molecule has 4 heteroatoms. The van der Waals surface area contributed by atoms with Crippen LogP contribution in [0.15, 0.2) is 24.3 Å². The van der Waals surface area contributed by atoms with E-state index in [0.717, 1.165) is 32.2 Å². The van der Waals surface area contributed by atoms with E-state index in [0.29, 0.717) is 6.04 Å². The molecule has 1 saturated carbocycles. The number of primary amides is 1. The van der Waals surface area contributed by atoms with Crippen LogP contribution >= 0.6 is 0 Å². The number of carbonyl (C=O) groups excluding carboxylic acids is 1. The number of nitrogens with two attached hydrogens (primary N) is 1. The molecule has 1 fully saturated rings. The Morgan fingerprint density at radius 2 is 2.00 bits per heavy atom. The second kappa shape index (κ2) is 6.48. The average Bonchev–Trinajstić information content (AvgIpc) is 3.23. The number of amides is 1. The van der Waals surface area contributed by atoms with Crippen molar-refractivity contribution in [3.05, 3.63) is 29.8 Å². The fourth-order valence-electron chi connectivity index (χ4n) is 2.54. The number of anilines is 1. The van der Waals surface area contributed by atoms with Gasteiger partial charge < -0.3 is 16.0 Å². The molecule has 1 aromatic carbocycles. The van der Waals surface area contributed by atoms with Crippen LogP contribution in [-0.2, 0) is 4.79 Å². The molecule has 1 unspecified atom stereocenters.